The van der Waals surface area contributed by atoms with Crippen molar-refractivity contribution in [2.75, 3.05) is 20.8 Å². The van der Waals surface area contributed by atoms with Crippen LogP contribution in [0.25, 0.3) is 0 Å². The van der Waals surface area contributed by atoms with Gasteiger partial charge in [-0.15, -0.1) is 0 Å². The second kappa shape index (κ2) is 7.31. The molecule has 2 aromatic rings. The summed E-state index contributed by atoms with van der Waals surface area (Å²) in [4.78, 5) is 26.3. The maximum absolute atomic E-state index is 12.0. The van der Waals surface area contributed by atoms with E-state index in [1.54, 1.807) is 7.11 Å². The van der Waals surface area contributed by atoms with Crippen LogP contribution < -0.4 is 20.2 Å². The lowest BCUT2D eigenvalue weighted by Gasteiger charge is -2.09. The molecule has 1 aromatic heterocycles. The minimum absolute atomic E-state index is 0.172. The van der Waals surface area contributed by atoms with Gasteiger partial charge < -0.3 is 19.8 Å². The Morgan fingerprint density at radius 2 is 1.91 bits per heavy atom. The Labute approximate surface area is 128 Å². The molecule has 0 unspecified atom stereocenters. The molecule has 0 saturated heterocycles. The van der Waals surface area contributed by atoms with Gasteiger partial charge >= 0.3 is 0 Å². The molecule has 0 spiro atoms. The highest BCUT2D eigenvalue weighted by molar-refractivity contribution is 5.92. The van der Waals surface area contributed by atoms with Crippen LogP contribution in [-0.4, -0.2) is 31.7 Å². The Kier molecular flexibility index (Phi) is 5.19. The van der Waals surface area contributed by atoms with E-state index in [4.69, 9.17) is 9.47 Å². The predicted molar refractivity (Wildman–Crippen MR) is 82.6 cm³/mol. The van der Waals surface area contributed by atoms with Crippen LogP contribution in [0.15, 0.2) is 41.3 Å². The third-order valence-corrected chi connectivity index (χ3v) is 3.21. The smallest absolute Gasteiger partial charge is 0.267 e. The highest BCUT2D eigenvalue weighted by Crippen LogP contribution is 2.17. The summed E-state index contributed by atoms with van der Waals surface area (Å²) >= 11 is 0. The van der Waals surface area contributed by atoms with Crippen LogP contribution in [0.2, 0.25) is 0 Å². The van der Waals surface area contributed by atoms with Gasteiger partial charge in [-0.3, -0.25) is 9.59 Å². The number of hydrogen-bond acceptors (Lipinski definition) is 4. The Balaban J connectivity index is 1.95. The van der Waals surface area contributed by atoms with Gasteiger partial charge in [0.05, 0.1) is 14.2 Å². The lowest BCUT2D eigenvalue weighted by atomic mass is 10.1. The average Bonchev–Trinajstić information content (AvgIpc) is 2.55. The molecule has 22 heavy (non-hydrogen) atoms. The van der Waals surface area contributed by atoms with Crippen LogP contribution in [-0.2, 0) is 6.42 Å². The molecule has 0 radical (unpaired) electrons. The number of rotatable bonds is 6. The minimum atomic E-state index is -0.338. The average molecular weight is 302 g/mol. The number of carbonyl (C=O) groups is 1. The molecule has 0 bridgehead atoms. The SMILES string of the molecule is COc1ccccc1CCNC(=O)c1cc(=O)c(OC)c[nH]1. The quantitative estimate of drug-likeness (QED) is 0.844. The minimum Gasteiger partial charge on any atom is -0.496 e. The monoisotopic (exact) mass is 302 g/mol. The second-order valence-electron chi connectivity index (χ2n) is 4.60. The first kappa shape index (κ1) is 15.6. The van der Waals surface area contributed by atoms with E-state index in [0.717, 1.165) is 11.3 Å². The van der Waals surface area contributed by atoms with E-state index in [1.807, 2.05) is 24.3 Å². The van der Waals surface area contributed by atoms with E-state index >= 15 is 0 Å². The van der Waals surface area contributed by atoms with Crippen molar-refractivity contribution in [1.82, 2.24) is 10.3 Å². The molecule has 1 amide bonds. The number of para-hydroxylation sites is 1. The van der Waals surface area contributed by atoms with Gasteiger partial charge in [0.2, 0.25) is 5.43 Å². The number of ether oxygens (including phenoxy) is 2. The van der Waals surface area contributed by atoms with E-state index in [-0.39, 0.29) is 22.8 Å². The lowest BCUT2D eigenvalue weighted by molar-refractivity contribution is 0.0949. The van der Waals surface area contributed by atoms with Crippen molar-refractivity contribution in [1.29, 1.82) is 0 Å². The van der Waals surface area contributed by atoms with E-state index in [9.17, 15) is 9.59 Å². The summed E-state index contributed by atoms with van der Waals surface area (Å²) in [6, 6.07) is 8.85. The molecule has 0 fully saturated rings. The summed E-state index contributed by atoms with van der Waals surface area (Å²) in [6.07, 6.45) is 2.01. The van der Waals surface area contributed by atoms with Crippen LogP contribution in [0.1, 0.15) is 16.1 Å². The van der Waals surface area contributed by atoms with E-state index in [1.165, 1.54) is 19.4 Å². The molecule has 2 rings (SSSR count). The summed E-state index contributed by atoms with van der Waals surface area (Å²) in [6.45, 7) is 0.438. The number of benzene rings is 1. The van der Waals surface area contributed by atoms with Gasteiger partial charge in [0.1, 0.15) is 11.4 Å². The summed E-state index contributed by atoms with van der Waals surface area (Å²) < 4.78 is 10.1. The Hall–Kier alpha value is -2.76. The fraction of sp³-hybridized carbons (Fsp3) is 0.250. The molecule has 6 nitrogen and oxygen atoms in total. The van der Waals surface area contributed by atoms with Crippen LogP contribution in [0, 0.1) is 0 Å². The summed E-state index contributed by atoms with van der Waals surface area (Å²) in [5.74, 6) is 0.620. The number of pyridine rings is 1. The largest absolute Gasteiger partial charge is 0.496 e. The summed E-state index contributed by atoms with van der Waals surface area (Å²) in [5, 5.41) is 2.76. The van der Waals surface area contributed by atoms with Crippen LogP contribution in [0.3, 0.4) is 0 Å². The standard InChI is InChI=1S/C16H18N2O4/c1-21-14-6-4-3-5-11(14)7-8-17-16(20)12-9-13(19)15(22-2)10-18-12/h3-6,9-10H,7-8H2,1-2H3,(H,17,20)(H,18,19). The van der Waals surface area contributed by atoms with Gasteiger partial charge in [-0.1, -0.05) is 18.2 Å². The first-order valence-corrected chi connectivity index (χ1v) is 6.82. The molecule has 1 aromatic carbocycles. The van der Waals surface area contributed by atoms with Crippen molar-refractivity contribution in [3.05, 3.63) is 58.0 Å². The molecule has 6 heteroatoms. The van der Waals surface area contributed by atoms with Crippen molar-refractivity contribution in [3.8, 4) is 11.5 Å². The van der Waals surface area contributed by atoms with Crippen molar-refractivity contribution in [2.45, 2.75) is 6.42 Å². The number of aromatic amines is 1. The van der Waals surface area contributed by atoms with Crippen molar-refractivity contribution >= 4 is 5.91 Å². The summed E-state index contributed by atoms with van der Waals surface area (Å²) in [7, 11) is 3.01. The fourth-order valence-electron chi connectivity index (χ4n) is 2.06. The van der Waals surface area contributed by atoms with E-state index in [0.29, 0.717) is 13.0 Å². The molecule has 0 saturated carbocycles. The van der Waals surface area contributed by atoms with Crippen molar-refractivity contribution < 1.29 is 14.3 Å². The van der Waals surface area contributed by atoms with E-state index < -0.39 is 0 Å². The Bertz CT molecular complexity index is 709. The van der Waals surface area contributed by atoms with Crippen LogP contribution in [0.5, 0.6) is 11.5 Å². The van der Waals surface area contributed by atoms with Gasteiger partial charge in [-0.05, 0) is 18.1 Å². The predicted octanol–water partition coefficient (Wildman–Crippen LogP) is 1.36. The molecule has 2 N–H and O–H groups in total. The number of carbonyl (C=O) groups excluding carboxylic acids is 1. The molecule has 0 aliphatic carbocycles. The zero-order chi connectivity index (χ0) is 15.9. The number of aromatic nitrogens is 1. The topological polar surface area (TPSA) is 80.4 Å². The zero-order valence-corrected chi connectivity index (χ0v) is 12.5. The Morgan fingerprint density at radius 1 is 1.18 bits per heavy atom. The van der Waals surface area contributed by atoms with Crippen LogP contribution in [0.4, 0.5) is 0 Å². The third kappa shape index (κ3) is 3.66. The molecule has 0 aliphatic rings. The summed E-state index contributed by atoms with van der Waals surface area (Å²) in [5.41, 5.74) is 0.871. The maximum atomic E-state index is 12.0. The van der Waals surface area contributed by atoms with Gasteiger partial charge in [-0.2, -0.15) is 0 Å². The molecular formula is C16H18N2O4. The number of amides is 1. The normalized spacial score (nSPS) is 10.1. The van der Waals surface area contributed by atoms with Crippen LogP contribution >= 0.6 is 0 Å². The maximum Gasteiger partial charge on any atom is 0.267 e. The molecular weight excluding hydrogens is 284 g/mol. The van der Waals surface area contributed by atoms with Crippen molar-refractivity contribution in [2.24, 2.45) is 0 Å². The lowest BCUT2D eigenvalue weighted by Crippen LogP contribution is -2.27. The molecule has 0 aliphatic heterocycles. The fourth-order valence-corrected chi connectivity index (χ4v) is 2.06. The first-order valence-electron chi connectivity index (χ1n) is 6.82. The number of methoxy groups -OCH3 is 2. The molecule has 1 heterocycles. The second-order valence-corrected chi connectivity index (χ2v) is 4.60. The van der Waals surface area contributed by atoms with Crippen molar-refractivity contribution in [3.63, 3.8) is 0 Å². The van der Waals surface area contributed by atoms with Gasteiger partial charge in [-0.25, -0.2) is 0 Å². The third-order valence-electron chi connectivity index (χ3n) is 3.21. The molecule has 116 valence electrons. The zero-order valence-electron chi connectivity index (χ0n) is 12.5. The van der Waals surface area contributed by atoms with Gasteiger partial charge in [0, 0.05) is 18.8 Å². The first-order chi connectivity index (χ1) is 10.7. The van der Waals surface area contributed by atoms with Gasteiger partial charge in [0.15, 0.2) is 5.75 Å². The number of hydrogen-bond donors (Lipinski definition) is 2. The Morgan fingerprint density at radius 3 is 2.59 bits per heavy atom. The number of H-pyrrole nitrogens is 1. The van der Waals surface area contributed by atoms with Gasteiger partial charge in [0.25, 0.3) is 5.91 Å². The highest BCUT2D eigenvalue weighted by Gasteiger charge is 2.09. The van der Waals surface area contributed by atoms with E-state index in [2.05, 4.69) is 10.3 Å². The number of nitrogens with one attached hydrogen (secondary N) is 2. The highest BCUT2D eigenvalue weighted by atomic mass is 16.5. The molecule has 0 atom stereocenters.